The van der Waals surface area contributed by atoms with Crippen LogP contribution in [0.25, 0.3) is 0 Å². The van der Waals surface area contributed by atoms with Crippen molar-refractivity contribution >= 4 is 0 Å². The lowest BCUT2D eigenvalue weighted by Crippen LogP contribution is -2.54. The minimum absolute atomic E-state index is 0.493. The number of aliphatic hydroxyl groups is 5. The van der Waals surface area contributed by atoms with Crippen LogP contribution in [0.4, 0.5) is 0 Å². The van der Waals surface area contributed by atoms with Crippen LogP contribution in [0, 0.1) is 0 Å². The second kappa shape index (κ2) is 6.22. The van der Waals surface area contributed by atoms with E-state index in [1.807, 2.05) is 0 Å². The Morgan fingerprint density at radius 2 is 1.54 bits per heavy atom. The van der Waals surface area contributed by atoms with E-state index in [1.165, 1.54) is 0 Å². The number of hydrazine groups is 1. The summed E-state index contributed by atoms with van der Waals surface area (Å²) in [5, 5.41) is 44.4. The highest BCUT2D eigenvalue weighted by Crippen LogP contribution is 2.03. The fourth-order valence-electron chi connectivity index (χ4n) is 0.833. The SMILES string of the molecule is NN[C@H](CO)[C@H](O)[C@@H](O)[C@H](O)CO. The molecule has 0 aliphatic rings. The molecule has 0 bridgehead atoms. The molecular weight excluding hydrogens is 180 g/mol. The largest absolute Gasteiger partial charge is 0.395 e. The average molecular weight is 196 g/mol. The van der Waals surface area contributed by atoms with E-state index < -0.39 is 37.6 Å². The monoisotopic (exact) mass is 196 g/mol. The van der Waals surface area contributed by atoms with Gasteiger partial charge in [0.05, 0.1) is 19.3 Å². The van der Waals surface area contributed by atoms with E-state index >= 15 is 0 Å². The van der Waals surface area contributed by atoms with Gasteiger partial charge in [-0.05, 0) is 0 Å². The predicted molar refractivity (Wildman–Crippen MR) is 43.3 cm³/mol. The van der Waals surface area contributed by atoms with Crippen LogP contribution in [0.5, 0.6) is 0 Å². The van der Waals surface area contributed by atoms with Crippen molar-refractivity contribution in [2.75, 3.05) is 13.2 Å². The molecular formula is C6H16N2O5. The molecule has 7 nitrogen and oxygen atoms in total. The summed E-state index contributed by atoms with van der Waals surface area (Å²) >= 11 is 0. The smallest absolute Gasteiger partial charge is 0.110 e. The summed E-state index contributed by atoms with van der Waals surface area (Å²) in [6.45, 7) is -1.17. The molecule has 0 aromatic carbocycles. The van der Waals surface area contributed by atoms with Gasteiger partial charge in [0.2, 0.25) is 0 Å². The standard InChI is InChI=1S/C6H16N2O5/c7-8-3(1-9)5(12)6(13)4(11)2-10/h3-6,8-13H,1-2,7H2/t3-,4-,5+,6+/m1/s1. The van der Waals surface area contributed by atoms with Gasteiger partial charge >= 0.3 is 0 Å². The zero-order valence-corrected chi connectivity index (χ0v) is 7.04. The first-order chi connectivity index (χ1) is 6.08. The van der Waals surface area contributed by atoms with Crippen LogP contribution in [0.3, 0.4) is 0 Å². The molecule has 8 N–H and O–H groups in total. The van der Waals surface area contributed by atoms with Crippen molar-refractivity contribution in [2.45, 2.75) is 24.4 Å². The molecule has 7 heteroatoms. The number of aliphatic hydroxyl groups excluding tert-OH is 5. The lowest BCUT2D eigenvalue weighted by atomic mass is 10.0. The van der Waals surface area contributed by atoms with E-state index in [9.17, 15) is 5.11 Å². The number of rotatable bonds is 6. The second-order valence-corrected chi connectivity index (χ2v) is 2.69. The lowest BCUT2D eigenvalue weighted by Gasteiger charge is -2.26. The van der Waals surface area contributed by atoms with Gasteiger partial charge in [-0.1, -0.05) is 0 Å². The maximum atomic E-state index is 9.26. The van der Waals surface area contributed by atoms with Crippen LogP contribution in [0.2, 0.25) is 0 Å². The van der Waals surface area contributed by atoms with Crippen LogP contribution in [0.15, 0.2) is 0 Å². The molecule has 0 aliphatic carbocycles. The molecule has 0 aromatic rings. The average Bonchev–Trinajstić information content (AvgIpc) is 2.17. The van der Waals surface area contributed by atoms with Crippen LogP contribution >= 0.6 is 0 Å². The molecule has 4 atom stereocenters. The zero-order valence-electron chi connectivity index (χ0n) is 7.04. The third-order valence-corrected chi connectivity index (χ3v) is 1.75. The first-order valence-electron chi connectivity index (χ1n) is 3.80. The Hall–Kier alpha value is -0.280. The van der Waals surface area contributed by atoms with Crippen molar-refractivity contribution in [1.82, 2.24) is 5.43 Å². The number of nitrogens with one attached hydrogen (secondary N) is 1. The Morgan fingerprint density at radius 1 is 1.00 bits per heavy atom. The van der Waals surface area contributed by atoms with E-state index in [-0.39, 0.29) is 0 Å². The third kappa shape index (κ3) is 3.53. The Bertz CT molecular complexity index is 132. The van der Waals surface area contributed by atoms with Crippen molar-refractivity contribution in [3.8, 4) is 0 Å². The van der Waals surface area contributed by atoms with Crippen molar-refractivity contribution in [3.05, 3.63) is 0 Å². The summed E-state index contributed by atoms with van der Waals surface area (Å²) < 4.78 is 0. The number of hydrogen-bond donors (Lipinski definition) is 7. The maximum Gasteiger partial charge on any atom is 0.110 e. The summed E-state index contributed by atoms with van der Waals surface area (Å²) in [6.07, 6.45) is -4.47. The van der Waals surface area contributed by atoms with Gasteiger partial charge in [0.1, 0.15) is 18.3 Å². The topological polar surface area (TPSA) is 139 Å². The minimum atomic E-state index is -1.56. The Balaban J connectivity index is 4.13. The van der Waals surface area contributed by atoms with Crippen molar-refractivity contribution in [3.63, 3.8) is 0 Å². The van der Waals surface area contributed by atoms with Crippen molar-refractivity contribution in [2.24, 2.45) is 5.84 Å². The van der Waals surface area contributed by atoms with Gasteiger partial charge in [-0.3, -0.25) is 11.3 Å². The highest BCUT2D eigenvalue weighted by molar-refractivity contribution is 4.83. The molecule has 0 saturated heterocycles. The second-order valence-electron chi connectivity index (χ2n) is 2.69. The Labute approximate surface area is 75.4 Å². The first kappa shape index (κ1) is 12.7. The van der Waals surface area contributed by atoms with Gasteiger partial charge in [-0.15, -0.1) is 0 Å². The predicted octanol–water partition coefficient (Wildman–Crippen LogP) is -4.11. The molecule has 0 radical (unpaired) electrons. The molecule has 0 aromatic heterocycles. The van der Waals surface area contributed by atoms with Crippen LogP contribution in [0.1, 0.15) is 0 Å². The molecule has 0 amide bonds. The van der Waals surface area contributed by atoms with Crippen molar-refractivity contribution in [1.29, 1.82) is 0 Å². The summed E-state index contributed by atoms with van der Waals surface area (Å²) in [7, 11) is 0. The Kier molecular flexibility index (Phi) is 6.08. The molecule has 0 fully saturated rings. The highest BCUT2D eigenvalue weighted by atomic mass is 16.4. The number of nitrogens with two attached hydrogens (primary N) is 1. The zero-order chi connectivity index (χ0) is 10.4. The fourth-order valence-corrected chi connectivity index (χ4v) is 0.833. The Morgan fingerprint density at radius 3 is 1.85 bits per heavy atom. The van der Waals surface area contributed by atoms with Crippen LogP contribution in [-0.2, 0) is 0 Å². The number of hydrogen-bond acceptors (Lipinski definition) is 7. The molecule has 0 spiro atoms. The highest BCUT2D eigenvalue weighted by Gasteiger charge is 2.29. The lowest BCUT2D eigenvalue weighted by molar-refractivity contribution is -0.0916. The quantitative estimate of drug-likeness (QED) is 0.169. The van der Waals surface area contributed by atoms with E-state index in [2.05, 4.69) is 5.43 Å². The van der Waals surface area contributed by atoms with E-state index in [0.29, 0.717) is 0 Å². The molecule has 0 aliphatic heterocycles. The van der Waals surface area contributed by atoms with E-state index in [1.54, 1.807) is 0 Å². The van der Waals surface area contributed by atoms with Crippen molar-refractivity contribution < 1.29 is 25.5 Å². The maximum absolute atomic E-state index is 9.26. The normalized spacial score (nSPS) is 20.8. The van der Waals surface area contributed by atoms with Crippen LogP contribution < -0.4 is 11.3 Å². The van der Waals surface area contributed by atoms with Gasteiger partial charge in [-0.2, -0.15) is 0 Å². The first-order valence-corrected chi connectivity index (χ1v) is 3.80. The van der Waals surface area contributed by atoms with Gasteiger partial charge in [0, 0.05) is 0 Å². The fraction of sp³-hybridized carbons (Fsp3) is 1.00. The molecule has 13 heavy (non-hydrogen) atoms. The third-order valence-electron chi connectivity index (χ3n) is 1.75. The summed E-state index contributed by atoms with van der Waals surface area (Å²) in [6, 6.07) is -0.948. The van der Waals surface area contributed by atoms with Gasteiger partial charge in [0.25, 0.3) is 0 Å². The van der Waals surface area contributed by atoms with Crippen LogP contribution in [-0.4, -0.2) is 63.1 Å². The molecule has 0 rings (SSSR count). The molecule has 0 unspecified atom stereocenters. The summed E-state index contributed by atoms with van der Waals surface area (Å²) in [5.74, 6) is 4.94. The molecule has 0 heterocycles. The van der Waals surface area contributed by atoms with Gasteiger partial charge in [0.15, 0.2) is 0 Å². The van der Waals surface area contributed by atoms with E-state index in [0.717, 1.165) is 0 Å². The summed E-state index contributed by atoms with van der Waals surface area (Å²) in [5.41, 5.74) is 2.06. The summed E-state index contributed by atoms with van der Waals surface area (Å²) in [4.78, 5) is 0. The van der Waals surface area contributed by atoms with Gasteiger partial charge in [-0.25, -0.2) is 0 Å². The minimum Gasteiger partial charge on any atom is -0.395 e. The molecule has 80 valence electrons. The van der Waals surface area contributed by atoms with E-state index in [4.69, 9.17) is 26.3 Å². The van der Waals surface area contributed by atoms with Gasteiger partial charge < -0.3 is 25.5 Å². The molecule has 0 saturated carbocycles.